The Morgan fingerprint density at radius 2 is 0.707 bits per heavy atom. The molecule has 0 atom stereocenters. The van der Waals surface area contributed by atoms with Crippen molar-refractivity contribution in [3.63, 3.8) is 0 Å². The molecule has 10 aromatic rings. The molecule has 0 saturated carbocycles. The van der Waals surface area contributed by atoms with Gasteiger partial charge in [-0.05, 0) is 80.8 Å². The van der Waals surface area contributed by atoms with Crippen LogP contribution in [0.15, 0.2) is 200 Å². The summed E-state index contributed by atoms with van der Waals surface area (Å²) in [5.41, 5.74) is 15.0. The van der Waals surface area contributed by atoms with Gasteiger partial charge in [0.2, 0.25) is 0 Å². The van der Waals surface area contributed by atoms with Gasteiger partial charge in [0.15, 0.2) is 11.6 Å². The first-order valence-electron chi connectivity index (χ1n) is 19.9. The summed E-state index contributed by atoms with van der Waals surface area (Å²) < 4.78 is 4.53. The molecule has 0 amide bonds. The van der Waals surface area contributed by atoms with Crippen LogP contribution in [0.4, 0.5) is 0 Å². The number of nitrogens with zero attached hydrogens (tertiary/aromatic N) is 4. The largest absolute Gasteiger partial charge is 0.309 e. The third kappa shape index (κ3) is 6.20. The highest BCUT2D eigenvalue weighted by Crippen LogP contribution is 2.40. The summed E-state index contributed by atoms with van der Waals surface area (Å²) in [7, 11) is 0. The first-order valence-corrected chi connectivity index (χ1v) is 19.9. The zero-order chi connectivity index (χ0) is 39.2. The van der Waals surface area contributed by atoms with Crippen LogP contribution in [-0.4, -0.2) is 19.3 Å². The molecule has 2 heterocycles. The van der Waals surface area contributed by atoms with E-state index in [4.69, 9.17) is 10.2 Å². The van der Waals surface area contributed by atoms with Crippen LogP contribution in [0.1, 0.15) is 26.3 Å². The van der Waals surface area contributed by atoms with Crippen molar-refractivity contribution in [1.82, 2.24) is 19.3 Å². The highest BCUT2D eigenvalue weighted by atomic mass is 15.3. The quantitative estimate of drug-likeness (QED) is 0.163. The van der Waals surface area contributed by atoms with Gasteiger partial charge in [-0.15, -0.1) is 10.2 Å². The van der Waals surface area contributed by atoms with Crippen molar-refractivity contribution in [2.45, 2.75) is 26.2 Å². The van der Waals surface area contributed by atoms with Crippen molar-refractivity contribution in [2.24, 2.45) is 0 Å². The van der Waals surface area contributed by atoms with E-state index in [1.165, 1.54) is 55.2 Å². The van der Waals surface area contributed by atoms with Crippen molar-refractivity contribution in [3.8, 4) is 67.5 Å². The maximum Gasteiger partial charge on any atom is 0.168 e. The van der Waals surface area contributed by atoms with Gasteiger partial charge in [-0.25, -0.2) is 0 Å². The predicted octanol–water partition coefficient (Wildman–Crippen LogP) is 14.0. The molecule has 8 aromatic carbocycles. The lowest BCUT2D eigenvalue weighted by atomic mass is 9.86. The topological polar surface area (TPSA) is 35.6 Å². The predicted molar refractivity (Wildman–Crippen MR) is 242 cm³/mol. The van der Waals surface area contributed by atoms with Crippen LogP contribution in [0, 0.1) is 0 Å². The second-order valence-corrected chi connectivity index (χ2v) is 15.9. The van der Waals surface area contributed by atoms with Gasteiger partial charge in [-0.1, -0.05) is 185 Å². The van der Waals surface area contributed by atoms with Gasteiger partial charge in [-0.2, -0.15) is 0 Å². The second-order valence-electron chi connectivity index (χ2n) is 15.9. The molecule has 4 nitrogen and oxygen atoms in total. The molecule has 58 heavy (non-hydrogen) atoms. The Hall–Kier alpha value is -7.30. The molecular weight excluding hydrogens is 705 g/mol. The fourth-order valence-electron chi connectivity index (χ4n) is 8.33. The van der Waals surface area contributed by atoms with Crippen molar-refractivity contribution < 1.29 is 0 Å². The van der Waals surface area contributed by atoms with Crippen LogP contribution in [0.3, 0.4) is 0 Å². The number of para-hydroxylation sites is 3. The smallest absolute Gasteiger partial charge is 0.168 e. The number of benzene rings is 8. The van der Waals surface area contributed by atoms with E-state index in [9.17, 15) is 0 Å². The van der Waals surface area contributed by atoms with Crippen LogP contribution in [0.2, 0.25) is 0 Å². The van der Waals surface area contributed by atoms with Crippen molar-refractivity contribution in [3.05, 3.63) is 206 Å². The molecule has 0 aliphatic heterocycles. The molecule has 2 aromatic heterocycles. The molecule has 0 radical (unpaired) electrons. The third-order valence-corrected chi connectivity index (χ3v) is 11.3. The number of hydrogen-bond donors (Lipinski definition) is 0. The number of hydrogen-bond acceptors (Lipinski definition) is 2. The van der Waals surface area contributed by atoms with Gasteiger partial charge in [0.05, 0.1) is 11.0 Å². The summed E-state index contributed by atoms with van der Waals surface area (Å²) >= 11 is 0. The lowest BCUT2D eigenvalue weighted by molar-refractivity contribution is 0.590. The molecule has 0 N–H and O–H groups in total. The normalized spacial score (nSPS) is 11.7. The van der Waals surface area contributed by atoms with Crippen LogP contribution in [-0.2, 0) is 5.41 Å². The number of rotatable bonds is 7. The lowest BCUT2D eigenvalue weighted by Crippen LogP contribution is -2.10. The first-order chi connectivity index (χ1) is 28.4. The molecule has 278 valence electrons. The molecular formula is C54H42N4. The molecule has 0 spiro atoms. The van der Waals surface area contributed by atoms with Gasteiger partial charge in [0.25, 0.3) is 0 Å². The van der Waals surface area contributed by atoms with E-state index in [1.54, 1.807) is 0 Å². The van der Waals surface area contributed by atoms with E-state index < -0.39 is 0 Å². The summed E-state index contributed by atoms with van der Waals surface area (Å²) in [6.07, 6.45) is 0. The Morgan fingerprint density at radius 3 is 1.21 bits per heavy atom. The average molecular weight is 747 g/mol. The SMILES string of the molecule is CC(C)(C)c1ccc(-c2nnc(-c3ccc(-c4ccccc4-c4ccccc4-c4ccc(-n5c6ccccc6c6ccccc65)cc4)cc3)n2-c2ccccc2)cc1. The molecule has 10 rings (SSSR count). The molecule has 0 bridgehead atoms. The van der Waals surface area contributed by atoms with Crippen molar-refractivity contribution in [1.29, 1.82) is 0 Å². The Bertz CT molecular complexity index is 3000. The molecule has 0 unspecified atom stereocenters. The molecule has 4 heteroatoms. The van der Waals surface area contributed by atoms with Gasteiger partial charge in [0, 0.05) is 33.3 Å². The maximum absolute atomic E-state index is 4.79. The summed E-state index contributed by atoms with van der Waals surface area (Å²) in [5, 5.41) is 12.1. The Balaban J connectivity index is 1.00. The Labute approximate surface area is 339 Å². The van der Waals surface area contributed by atoms with Crippen LogP contribution < -0.4 is 0 Å². The minimum absolute atomic E-state index is 0.0695. The number of aromatic nitrogens is 4. The maximum atomic E-state index is 4.79. The van der Waals surface area contributed by atoms with E-state index in [2.05, 4.69) is 224 Å². The highest BCUT2D eigenvalue weighted by molar-refractivity contribution is 6.09. The highest BCUT2D eigenvalue weighted by Gasteiger charge is 2.20. The van der Waals surface area contributed by atoms with Crippen LogP contribution in [0.25, 0.3) is 89.3 Å². The minimum Gasteiger partial charge on any atom is -0.309 e. The van der Waals surface area contributed by atoms with Crippen LogP contribution in [0.5, 0.6) is 0 Å². The third-order valence-electron chi connectivity index (χ3n) is 11.3. The lowest BCUT2D eigenvalue weighted by Gasteiger charge is -2.19. The van der Waals surface area contributed by atoms with E-state index >= 15 is 0 Å². The Kier molecular flexibility index (Phi) is 8.68. The molecule has 0 fully saturated rings. The first kappa shape index (κ1) is 35.1. The fourth-order valence-corrected chi connectivity index (χ4v) is 8.33. The van der Waals surface area contributed by atoms with Crippen molar-refractivity contribution in [2.75, 3.05) is 0 Å². The summed E-state index contributed by atoms with van der Waals surface area (Å²) in [4.78, 5) is 0. The van der Waals surface area contributed by atoms with Gasteiger partial charge in [-0.3, -0.25) is 4.57 Å². The zero-order valence-corrected chi connectivity index (χ0v) is 32.8. The van der Waals surface area contributed by atoms with E-state index in [1.807, 2.05) is 6.07 Å². The van der Waals surface area contributed by atoms with Gasteiger partial charge >= 0.3 is 0 Å². The van der Waals surface area contributed by atoms with Crippen molar-refractivity contribution >= 4 is 21.8 Å². The van der Waals surface area contributed by atoms with Crippen LogP contribution >= 0.6 is 0 Å². The zero-order valence-electron chi connectivity index (χ0n) is 32.8. The van der Waals surface area contributed by atoms with E-state index in [-0.39, 0.29) is 5.41 Å². The Morgan fingerprint density at radius 1 is 0.328 bits per heavy atom. The molecule has 0 aliphatic rings. The molecule has 0 aliphatic carbocycles. The summed E-state index contributed by atoms with van der Waals surface area (Å²) in [6, 6.07) is 71.6. The van der Waals surface area contributed by atoms with E-state index in [0.29, 0.717) is 0 Å². The molecule has 0 saturated heterocycles. The summed E-state index contributed by atoms with van der Waals surface area (Å²) in [5.74, 6) is 1.62. The minimum atomic E-state index is 0.0695. The fraction of sp³-hybridized carbons (Fsp3) is 0.0741. The monoisotopic (exact) mass is 746 g/mol. The van der Waals surface area contributed by atoms with Gasteiger partial charge < -0.3 is 4.57 Å². The van der Waals surface area contributed by atoms with Gasteiger partial charge in [0.1, 0.15) is 0 Å². The number of fused-ring (bicyclic) bond motifs is 3. The standard InChI is InChI=1S/C54H42N4/c1-54(2,3)41-33-29-40(30-34-41)53-56-55-52(58(53)42-15-5-4-6-16-42)39-27-25-37(26-28-39)44-17-7-9-19-46(44)47-20-10-8-18-45(47)38-31-35-43(36-32-38)57-50-23-13-11-21-48(50)49-22-12-14-24-51(49)57/h4-36H,1-3H3. The average Bonchev–Trinajstić information content (AvgIpc) is 3.87. The summed E-state index contributed by atoms with van der Waals surface area (Å²) in [6.45, 7) is 6.71. The second kappa shape index (κ2) is 14.3. The van der Waals surface area contributed by atoms with E-state index in [0.717, 1.165) is 39.7 Å².